The van der Waals surface area contributed by atoms with Crippen LogP contribution in [0.2, 0.25) is 0 Å². The quantitative estimate of drug-likeness (QED) is 0.821. The molecule has 2 N–H and O–H groups in total. The van der Waals surface area contributed by atoms with Crippen molar-refractivity contribution in [3.8, 4) is 0 Å². The third kappa shape index (κ3) is 2.84. The topological polar surface area (TPSA) is 52.3 Å². The van der Waals surface area contributed by atoms with E-state index < -0.39 is 10.8 Å². The first kappa shape index (κ1) is 12.5. The van der Waals surface area contributed by atoms with E-state index in [1.807, 2.05) is 13.8 Å². The standard InChI is InChI=1S/C12H23NO2S/c1-11(2,13)9-16(14)10-4-7-15-12(8-10)5-3-6-12/h10H,3-9,13H2,1-2H3. The number of hydrogen-bond acceptors (Lipinski definition) is 3. The molecule has 0 aromatic heterocycles. The predicted octanol–water partition coefficient (Wildman–Crippen LogP) is 1.57. The Balaban J connectivity index is 1.91. The Hall–Kier alpha value is 0.0700. The van der Waals surface area contributed by atoms with E-state index in [1.165, 1.54) is 6.42 Å². The highest BCUT2D eigenvalue weighted by Gasteiger charge is 2.44. The van der Waals surface area contributed by atoms with E-state index in [0.29, 0.717) is 11.0 Å². The van der Waals surface area contributed by atoms with Gasteiger partial charge in [0.15, 0.2) is 0 Å². The number of ether oxygens (including phenoxy) is 1. The third-order valence-corrected chi connectivity index (χ3v) is 5.77. The van der Waals surface area contributed by atoms with Gasteiger partial charge in [-0.25, -0.2) is 0 Å². The fourth-order valence-corrected chi connectivity index (χ4v) is 4.43. The molecule has 2 unspecified atom stereocenters. The lowest BCUT2D eigenvalue weighted by Gasteiger charge is -2.47. The summed E-state index contributed by atoms with van der Waals surface area (Å²) in [7, 11) is -0.795. The second-order valence-electron chi connectivity index (χ2n) is 6.01. The molecule has 1 aliphatic carbocycles. The van der Waals surface area contributed by atoms with E-state index in [2.05, 4.69) is 0 Å². The second-order valence-corrected chi connectivity index (χ2v) is 7.73. The van der Waals surface area contributed by atoms with Crippen LogP contribution in [0.1, 0.15) is 46.0 Å². The van der Waals surface area contributed by atoms with Gasteiger partial charge >= 0.3 is 0 Å². The van der Waals surface area contributed by atoms with E-state index in [0.717, 1.165) is 32.3 Å². The van der Waals surface area contributed by atoms with E-state index >= 15 is 0 Å². The van der Waals surface area contributed by atoms with Gasteiger partial charge in [-0.15, -0.1) is 0 Å². The Bertz CT molecular complexity index is 281. The lowest BCUT2D eigenvalue weighted by atomic mass is 9.75. The maximum atomic E-state index is 12.2. The van der Waals surface area contributed by atoms with Crippen LogP contribution in [-0.2, 0) is 15.5 Å². The fraction of sp³-hybridized carbons (Fsp3) is 1.00. The number of hydrogen-bond donors (Lipinski definition) is 1. The van der Waals surface area contributed by atoms with Crippen molar-refractivity contribution in [1.82, 2.24) is 0 Å². The molecule has 4 heteroatoms. The maximum Gasteiger partial charge on any atom is 0.0694 e. The molecule has 1 heterocycles. The summed E-state index contributed by atoms with van der Waals surface area (Å²) in [5.74, 6) is 0.605. The first-order valence-electron chi connectivity index (χ1n) is 6.20. The summed E-state index contributed by atoms with van der Waals surface area (Å²) in [4.78, 5) is 0. The SMILES string of the molecule is CC(C)(N)CS(=O)C1CCOC2(CCC2)C1. The minimum atomic E-state index is -0.795. The first-order chi connectivity index (χ1) is 7.40. The van der Waals surface area contributed by atoms with Gasteiger partial charge in [-0.05, 0) is 46.0 Å². The summed E-state index contributed by atoms with van der Waals surface area (Å²) in [6.07, 6.45) is 5.50. The summed E-state index contributed by atoms with van der Waals surface area (Å²) < 4.78 is 18.1. The van der Waals surface area contributed by atoms with Crippen LogP contribution < -0.4 is 5.73 Å². The minimum absolute atomic E-state index is 0.0946. The summed E-state index contributed by atoms with van der Waals surface area (Å²) in [5.41, 5.74) is 5.70. The van der Waals surface area contributed by atoms with Crippen LogP contribution in [0.4, 0.5) is 0 Å². The molecule has 1 saturated carbocycles. The zero-order chi connectivity index (χ0) is 11.8. The fourth-order valence-electron chi connectivity index (χ4n) is 2.61. The Morgan fingerprint density at radius 1 is 1.50 bits per heavy atom. The third-order valence-electron chi connectivity index (χ3n) is 3.60. The van der Waals surface area contributed by atoms with Crippen LogP contribution in [0.3, 0.4) is 0 Å². The van der Waals surface area contributed by atoms with E-state index in [1.54, 1.807) is 0 Å². The van der Waals surface area contributed by atoms with Crippen LogP contribution >= 0.6 is 0 Å². The zero-order valence-corrected chi connectivity index (χ0v) is 11.1. The molecule has 0 radical (unpaired) electrons. The van der Waals surface area contributed by atoms with Crippen LogP contribution in [0.25, 0.3) is 0 Å². The van der Waals surface area contributed by atoms with Crippen molar-refractivity contribution in [2.45, 2.75) is 62.3 Å². The Morgan fingerprint density at radius 2 is 2.19 bits per heavy atom. The second kappa shape index (κ2) is 4.39. The molecule has 0 aromatic rings. The molecule has 1 aliphatic heterocycles. The minimum Gasteiger partial charge on any atom is -0.375 e. The van der Waals surface area contributed by atoms with Gasteiger partial charge in [-0.2, -0.15) is 0 Å². The van der Waals surface area contributed by atoms with Gasteiger partial charge in [0.1, 0.15) is 0 Å². The van der Waals surface area contributed by atoms with Gasteiger partial charge < -0.3 is 10.5 Å². The van der Waals surface area contributed by atoms with Crippen molar-refractivity contribution < 1.29 is 8.95 Å². The molecule has 2 atom stereocenters. The summed E-state index contributed by atoms with van der Waals surface area (Å²) >= 11 is 0. The van der Waals surface area contributed by atoms with Gasteiger partial charge in [0, 0.05) is 33.9 Å². The summed E-state index contributed by atoms with van der Waals surface area (Å²) in [6, 6.07) is 0. The van der Waals surface area contributed by atoms with Crippen LogP contribution in [-0.4, -0.2) is 33.0 Å². The van der Waals surface area contributed by atoms with Gasteiger partial charge in [-0.1, -0.05) is 0 Å². The van der Waals surface area contributed by atoms with Gasteiger partial charge in [0.25, 0.3) is 0 Å². The van der Waals surface area contributed by atoms with Crippen molar-refractivity contribution in [3.63, 3.8) is 0 Å². The lowest BCUT2D eigenvalue weighted by molar-refractivity contribution is -0.125. The van der Waals surface area contributed by atoms with E-state index in [-0.39, 0.29) is 11.1 Å². The molecular formula is C12H23NO2S. The first-order valence-corrected chi connectivity index (χ1v) is 7.59. The summed E-state index contributed by atoms with van der Waals surface area (Å²) in [5, 5.41) is 0.303. The molecule has 1 spiro atoms. The van der Waals surface area contributed by atoms with Crippen molar-refractivity contribution in [1.29, 1.82) is 0 Å². The summed E-state index contributed by atoms with van der Waals surface area (Å²) in [6.45, 7) is 4.67. The molecule has 2 fully saturated rings. The molecule has 2 rings (SSSR count). The molecule has 0 aromatic carbocycles. The Morgan fingerprint density at radius 3 is 2.69 bits per heavy atom. The molecule has 1 saturated heterocycles. The van der Waals surface area contributed by atoms with E-state index in [4.69, 9.17) is 10.5 Å². The number of nitrogens with two attached hydrogens (primary N) is 1. The number of rotatable bonds is 3. The zero-order valence-electron chi connectivity index (χ0n) is 10.3. The highest BCUT2D eigenvalue weighted by atomic mass is 32.2. The smallest absolute Gasteiger partial charge is 0.0694 e. The largest absolute Gasteiger partial charge is 0.375 e. The van der Waals surface area contributed by atoms with Crippen LogP contribution in [0.5, 0.6) is 0 Å². The highest BCUT2D eigenvalue weighted by Crippen LogP contribution is 2.43. The van der Waals surface area contributed by atoms with Gasteiger partial charge in [-0.3, -0.25) is 4.21 Å². The predicted molar refractivity (Wildman–Crippen MR) is 66.8 cm³/mol. The van der Waals surface area contributed by atoms with Crippen molar-refractivity contribution in [2.24, 2.45) is 5.73 Å². The molecule has 16 heavy (non-hydrogen) atoms. The van der Waals surface area contributed by atoms with Crippen LogP contribution in [0, 0.1) is 0 Å². The molecule has 2 aliphatic rings. The van der Waals surface area contributed by atoms with E-state index in [9.17, 15) is 4.21 Å². The lowest BCUT2D eigenvalue weighted by Crippen LogP contribution is -2.50. The normalized spacial score (nSPS) is 31.1. The average Bonchev–Trinajstić information content (AvgIpc) is 2.13. The molecule has 3 nitrogen and oxygen atoms in total. The van der Waals surface area contributed by atoms with Crippen LogP contribution in [0.15, 0.2) is 0 Å². The van der Waals surface area contributed by atoms with Crippen molar-refractivity contribution in [2.75, 3.05) is 12.4 Å². The highest BCUT2D eigenvalue weighted by molar-refractivity contribution is 7.85. The maximum absolute atomic E-state index is 12.2. The Kier molecular flexibility index (Phi) is 3.44. The van der Waals surface area contributed by atoms with Gasteiger partial charge in [0.2, 0.25) is 0 Å². The Labute approximate surface area is 101 Å². The molecule has 0 amide bonds. The van der Waals surface area contributed by atoms with Crippen molar-refractivity contribution >= 4 is 10.8 Å². The monoisotopic (exact) mass is 245 g/mol. The van der Waals surface area contributed by atoms with Gasteiger partial charge in [0.05, 0.1) is 5.60 Å². The van der Waals surface area contributed by atoms with Crippen molar-refractivity contribution in [3.05, 3.63) is 0 Å². The molecular weight excluding hydrogens is 222 g/mol. The molecule has 0 bridgehead atoms. The molecule has 94 valence electrons. The average molecular weight is 245 g/mol.